The zero-order chi connectivity index (χ0) is 11.5. The van der Waals surface area contributed by atoms with E-state index in [0.717, 1.165) is 0 Å². The summed E-state index contributed by atoms with van der Waals surface area (Å²) in [6.45, 7) is 0. The van der Waals surface area contributed by atoms with Crippen LogP contribution in [0.1, 0.15) is 10.4 Å². The fourth-order valence-electron chi connectivity index (χ4n) is 1.23. The molecule has 1 aromatic heterocycles. The Kier molecular flexibility index (Phi) is 2.82. The number of para-hydroxylation sites is 1. The quantitative estimate of drug-likeness (QED) is 0.706. The van der Waals surface area contributed by atoms with Gasteiger partial charge >= 0.3 is 5.97 Å². The molecule has 0 spiro atoms. The van der Waals surface area contributed by atoms with E-state index < -0.39 is 5.97 Å². The summed E-state index contributed by atoms with van der Waals surface area (Å²) in [6, 6.07) is 4.89. The molecule has 0 aliphatic rings. The number of aromatic amines is 1. The minimum atomic E-state index is -1.03. The van der Waals surface area contributed by atoms with Crippen molar-refractivity contribution in [3.05, 3.63) is 36.2 Å². The van der Waals surface area contributed by atoms with Crippen LogP contribution in [0.2, 0.25) is 0 Å². The lowest BCUT2D eigenvalue weighted by Gasteiger charge is -2.05. The highest BCUT2D eigenvalue weighted by Gasteiger charge is 2.12. The van der Waals surface area contributed by atoms with Crippen LogP contribution in [-0.2, 0) is 0 Å². The molecule has 1 heterocycles. The Balaban J connectivity index is 2.35. The summed E-state index contributed by atoms with van der Waals surface area (Å²) in [5.74, 6) is -1.03. The molecule has 0 saturated carbocycles. The van der Waals surface area contributed by atoms with E-state index in [4.69, 9.17) is 10.8 Å². The molecule has 2 rings (SSSR count). The summed E-state index contributed by atoms with van der Waals surface area (Å²) < 4.78 is 0. The average molecular weight is 235 g/mol. The second-order valence-electron chi connectivity index (χ2n) is 3.02. The average Bonchev–Trinajstić information content (AvgIpc) is 2.73. The molecule has 6 heteroatoms. The topological polar surface area (TPSA) is 92.0 Å². The predicted octanol–water partition coefficient (Wildman–Crippen LogP) is 1.84. The van der Waals surface area contributed by atoms with Gasteiger partial charge in [0.2, 0.25) is 0 Å². The molecule has 82 valence electrons. The molecule has 4 N–H and O–H groups in total. The number of rotatable bonds is 3. The lowest BCUT2D eigenvalue weighted by atomic mass is 10.2. The number of nitrogens with one attached hydrogen (secondary N) is 1. The second-order valence-corrected chi connectivity index (χ2v) is 4.05. The largest absolute Gasteiger partial charge is 0.478 e. The molecule has 0 aliphatic carbocycles. The first-order chi connectivity index (χ1) is 7.68. The molecule has 0 radical (unpaired) electrons. The predicted molar refractivity (Wildman–Crippen MR) is 60.5 cm³/mol. The van der Waals surface area contributed by atoms with Gasteiger partial charge in [0.15, 0.2) is 5.16 Å². The van der Waals surface area contributed by atoms with Gasteiger partial charge in [0.25, 0.3) is 0 Å². The monoisotopic (exact) mass is 235 g/mol. The Labute approximate surface area is 95.7 Å². The highest BCUT2D eigenvalue weighted by molar-refractivity contribution is 7.99. The number of carboxylic acids is 1. The van der Waals surface area contributed by atoms with Gasteiger partial charge in [-0.25, -0.2) is 9.78 Å². The van der Waals surface area contributed by atoms with Crippen LogP contribution in [-0.4, -0.2) is 21.0 Å². The van der Waals surface area contributed by atoms with E-state index >= 15 is 0 Å². The van der Waals surface area contributed by atoms with E-state index in [-0.39, 0.29) is 11.3 Å². The number of nitrogen functional groups attached to an aromatic ring is 1. The highest BCUT2D eigenvalue weighted by atomic mass is 32.2. The molecule has 1 aromatic carbocycles. The van der Waals surface area contributed by atoms with Crippen molar-refractivity contribution in [3.63, 3.8) is 0 Å². The van der Waals surface area contributed by atoms with Crippen molar-refractivity contribution in [2.75, 3.05) is 5.73 Å². The zero-order valence-corrected chi connectivity index (χ0v) is 8.99. The molecule has 5 nitrogen and oxygen atoms in total. The van der Waals surface area contributed by atoms with E-state index in [0.29, 0.717) is 10.1 Å². The number of imidazole rings is 1. The Morgan fingerprint density at radius 1 is 1.50 bits per heavy atom. The Morgan fingerprint density at radius 3 is 2.94 bits per heavy atom. The molecule has 0 unspecified atom stereocenters. The van der Waals surface area contributed by atoms with Crippen LogP contribution >= 0.6 is 11.8 Å². The number of carboxylic acid groups (broad SMARTS) is 1. The van der Waals surface area contributed by atoms with Gasteiger partial charge in [-0.05, 0) is 23.9 Å². The van der Waals surface area contributed by atoms with Crippen LogP contribution in [0, 0.1) is 0 Å². The lowest BCUT2D eigenvalue weighted by molar-refractivity contribution is 0.0698. The van der Waals surface area contributed by atoms with Crippen molar-refractivity contribution in [2.24, 2.45) is 0 Å². The molecule has 0 amide bonds. The molecule has 16 heavy (non-hydrogen) atoms. The minimum Gasteiger partial charge on any atom is -0.478 e. The van der Waals surface area contributed by atoms with Crippen LogP contribution in [0.3, 0.4) is 0 Å². The number of nitrogens with zero attached hydrogens (tertiary/aromatic N) is 1. The molecule has 0 bridgehead atoms. The van der Waals surface area contributed by atoms with Crippen molar-refractivity contribution < 1.29 is 9.90 Å². The fourth-order valence-corrected chi connectivity index (χ4v) is 2.05. The van der Waals surface area contributed by atoms with Crippen LogP contribution in [0.15, 0.2) is 40.6 Å². The normalized spacial score (nSPS) is 10.2. The summed E-state index contributed by atoms with van der Waals surface area (Å²) in [5, 5.41) is 9.58. The number of benzene rings is 1. The van der Waals surface area contributed by atoms with Gasteiger partial charge in [-0.3, -0.25) is 0 Å². The SMILES string of the molecule is Nc1c(Sc2ncc[nH]2)cccc1C(=O)O. The third-order valence-corrected chi connectivity index (χ3v) is 2.97. The maximum Gasteiger partial charge on any atom is 0.337 e. The first-order valence-electron chi connectivity index (χ1n) is 4.47. The number of aromatic carboxylic acids is 1. The van der Waals surface area contributed by atoms with Gasteiger partial charge in [-0.15, -0.1) is 0 Å². The minimum absolute atomic E-state index is 0.108. The first-order valence-corrected chi connectivity index (χ1v) is 5.29. The summed E-state index contributed by atoms with van der Waals surface area (Å²) in [7, 11) is 0. The molecular formula is C10H9N3O2S. The molecule has 0 saturated heterocycles. The first kappa shape index (κ1) is 10.6. The Morgan fingerprint density at radius 2 is 2.31 bits per heavy atom. The zero-order valence-electron chi connectivity index (χ0n) is 8.18. The van der Waals surface area contributed by atoms with Gasteiger partial charge in [0.1, 0.15) is 0 Å². The van der Waals surface area contributed by atoms with Crippen molar-refractivity contribution in [2.45, 2.75) is 10.1 Å². The van der Waals surface area contributed by atoms with E-state index in [2.05, 4.69) is 9.97 Å². The maximum absolute atomic E-state index is 10.9. The number of aromatic nitrogens is 2. The lowest BCUT2D eigenvalue weighted by Crippen LogP contribution is -2.03. The number of hydrogen-bond donors (Lipinski definition) is 3. The van der Waals surface area contributed by atoms with Gasteiger partial charge in [-0.2, -0.15) is 0 Å². The Bertz CT molecular complexity index is 511. The van der Waals surface area contributed by atoms with Crippen molar-refractivity contribution in [1.29, 1.82) is 0 Å². The molecule has 0 aliphatic heterocycles. The van der Waals surface area contributed by atoms with E-state index in [1.165, 1.54) is 17.8 Å². The van der Waals surface area contributed by atoms with Crippen LogP contribution in [0.25, 0.3) is 0 Å². The van der Waals surface area contributed by atoms with Gasteiger partial charge in [0.05, 0.1) is 11.3 Å². The van der Waals surface area contributed by atoms with Crippen LogP contribution < -0.4 is 5.73 Å². The molecule has 0 atom stereocenters. The van der Waals surface area contributed by atoms with Crippen molar-refractivity contribution >= 4 is 23.4 Å². The summed E-state index contributed by atoms with van der Waals surface area (Å²) in [5.41, 5.74) is 6.13. The molecular weight excluding hydrogens is 226 g/mol. The summed E-state index contributed by atoms with van der Waals surface area (Å²) in [4.78, 5) is 18.5. The maximum atomic E-state index is 10.9. The van der Waals surface area contributed by atoms with Crippen molar-refractivity contribution in [3.8, 4) is 0 Å². The molecule has 0 fully saturated rings. The summed E-state index contributed by atoms with van der Waals surface area (Å²) in [6.07, 6.45) is 3.32. The fraction of sp³-hybridized carbons (Fsp3) is 0. The number of carbonyl (C=O) groups is 1. The highest BCUT2D eigenvalue weighted by Crippen LogP contribution is 2.31. The van der Waals surface area contributed by atoms with Crippen LogP contribution in [0.5, 0.6) is 0 Å². The van der Waals surface area contributed by atoms with Crippen molar-refractivity contribution in [1.82, 2.24) is 9.97 Å². The van der Waals surface area contributed by atoms with Crippen LogP contribution in [0.4, 0.5) is 5.69 Å². The second kappa shape index (κ2) is 4.28. The van der Waals surface area contributed by atoms with Gasteiger partial charge < -0.3 is 15.8 Å². The third-order valence-electron chi connectivity index (χ3n) is 1.98. The molecule has 2 aromatic rings. The van der Waals surface area contributed by atoms with E-state index in [1.807, 2.05) is 0 Å². The standard InChI is InChI=1S/C10H9N3O2S/c11-8-6(9(14)15)2-1-3-7(8)16-10-12-4-5-13-10/h1-5H,11H2,(H,12,13)(H,14,15). The van der Waals surface area contributed by atoms with E-state index in [9.17, 15) is 4.79 Å². The van der Waals surface area contributed by atoms with Gasteiger partial charge in [-0.1, -0.05) is 6.07 Å². The third kappa shape index (κ3) is 2.01. The number of nitrogens with two attached hydrogens (primary N) is 1. The number of hydrogen-bond acceptors (Lipinski definition) is 4. The van der Waals surface area contributed by atoms with Gasteiger partial charge in [0, 0.05) is 17.3 Å². The van der Waals surface area contributed by atoms with E-state index in [1.54, 1.807) is 24.5 Å². The summed E-state index contributed by atoms with van der Waals surface area (Å²) >= 11 is 1.30. The number of H-pyrrole nitrogens is 1. The number of anilines is 1. The smallest absolute Gasteiger partial charge is 0.337 e. The Hall–Kier alpha value is -1.95.